The maximum Gasteiger partial charge on any atom is 0.330 e. The van der Waals surface area contributed by atoms with E-state index in [1.807, 2.05) is 0 Å². The molecular weight excluding hydrogens is 260 g/mol. The minimum absolute atomic E-state index is 0.372. The quantitative estimate of drug-likeness (QED) is 0.768. The topological polar surface area (TPSA) is 89.9 Å². The van der Waals surface area contributed by atoms with E-state index in [1.165, 1.54) is 4.90 Å². The number of aliphatic hydroxyl groups excluding tert-OH is 1. The first-order valence-electron chi connectivity index (χ1n) is 6.59. The van der Waals surface area contributed by atoms with Crippen LogP contribution in [0.4, 0.5) is 4.79 Å². The lowest BCUT2D eigenvalue weighted by molar-refractivity contribution is -0.139. The summed E-state index contributed by atoms with van der Waals surface area (Å²) in [7, 11) is 0. The van der Waals surface area contributed by atoms with E-state index >= 15 is 0 Å². The third kappa shape index (κ3) is 3.48. The molecule has 0 radical (unpaired) electrons. The van der Waals surface area contributed by atoms with E-state index in [2.05, 4.69) is 5.32 Å². The highest BCUT2D eigenvalue weighted by Gasteiger charge is 2.26. The number of carbonyl (C=O) groups is 2. The van der Waals surface area contributed by atoms with Crippen molar-refractivity contribution < 1.29 is 19.8 Å². The predicted molar refractivity (Wildman–Crippen MR) is 72.2 cm³/mol. The van der Waals surface area contributed by atoms with Crippen molar-refractivity contribution in [2.45, 2.75) is 25.0 Å². The minimum atomic E-state index is -1.10. The molecule has 6 nitrogen and oxygen atoms in total. The van der Waals surface area contributed by atoms with Crippen molar-refractivity contribution in [3.05, 3.63) is 35.9 Å². The zero-order chi connectivity index (χ0) is 14.5. The highest BCUT2D eigenvalue weighted by molar-refractivity contribution is 5.83. The molecule has 1 saturated heterocycles. The van der Waals surface area contributed by atoms with E-state index in [0.29, 0.717) is 31.5 Å². The summed E-state index contributed by atoms with van der Waals surface area (Å²) in [5.41, 5.74) is 0.533. The number of benzene rings is 1. The van der Waals surface area contributed by atoms with E-state index in [-0.39, 0.29) is 6.10 Å². The fourth-order valence-electron chi connectivity index (χ4n) is 2.22. The number of hydrogen-bond acceptors (Lipinski definition) is 3. The predicted octanol–water partition coefficient (Wildman–Crippen LogP) is 0.979. The van der Waals surface area contributed by atoms with Crippen LogP contribution in [0.3, 0.4) is 0 Å². The highest BCUT2D eigenvalue weighted by atomic mass is 16.4. The summed E-state index contributed by atoms with van der Waals surface area (Å²) in [4.78, 5) is 24.9. The Morgan fingerprint density at radius 2 is 1.80 bits per heavy atom. The molecule has 1 aliphatic rings. The van der Waals surface area contributed by atoms with E-state index in [0.717, 1.165) is 0 Å². The van der Waals surface area contributed by atoms with Crippen LogP contribution in [-0.4, -0.2) is 46.3 Å². The van der Waals surface area contributed by atoms with Crippen LogP contribution < -0.4 is 5.32 Å². The Bertz CT molecular complexity index is 469. The van der Waals surface area contributed by atoms with Gasteiger partial charge in [-0.25, -0.2) is 9.59 Å². The summed E-state index contributed by atoms with van der Waals surface area (Å²) in [5.74, 6) is -1.10. The summed E-state index contributed by atoms with van der Waals surface area (Å²) in [6, 6.07) is 7.11. The number of rotatable bonds is 3. The second-order valence-corrected chi connectivity index (χ2v) is 4.85. The first-order chi connectivity index (χ1) is 9.58. The summed E-state index contributed by atoms with van der Waals surface area (Å²) in [6.07, 6.45) is 0.677. The molecule has 0 unspecified atom stereocenters. The first-order valence-corrected chi connectivity index (χ1v) is 6.59. The molecule has 3 N–H and O–H groups in total. The van der Waals surface area contributed by atoms with Gasteiger partial charge in [0.15, 0.2) is 6.04 Å². The number of likely N-dealkylation sites (tertiary alicyclic amines) is 1. The summed E-state index contributed by atoms with van der Waals surface area (Å²) in [6.45, 7) is 0.877. The lowest BCUT2D eigenvalue weighted by atomic mass is 10.1. The molecule has 108 valence electrons. The lowest BCUT2D eigenvalue weighted by Crippen LogP contribution is -2.47. The van der Waals surface area contributed by atoms with Gasteiger partial charge in [-0.3, -0.25) is 0 Å². The van der Waals surface area contributed by atoms with E-state index in [1.54, 1.807) is 30.3 Å². The molecule has 1 aromatic carbocycles. The summed E-state index contributed by atoms with van der Waals surface area (Å²) < 4.78 is 0. The molecule has 0 aromatic heterocycles. The van der Waals surface area contributed by atoms with Crippen LogP contribution in [0.1, 0.15) is 24.4 Å². The Hall–Kier alpha value is -2.08. The number of amides is 2. The number of carboxylic acids is 1. The molecule has 0 spiro atoms. The second-order valence-electron chi connectivity index (χ2n) is 4.85. The molecule has 6 heteroatoms. The minimum Gasteiger partial charge on any atom is -0.479 e. The maximum atomic E-state index is 12.1. The smallest absolute Gasteiger partial charge is 0.330 e. The van der Waals surface area contributed by atoms with Gasteiger partial charge in [0.1, 0.15) is 0 Å². The SMILES string of the molecule is O=C(O)[C@H](NC(=O)N1CCC(O)CC1)c1ccccc1. The van der Waals surface area contributed by atoms with Crippen molar-refractivity contribution >= 4 is 12.0 Å². The molecule has 20 heavy (non-hydrogen) atoms. The number of urea groups is 1. The number of carbonyl (C=O) groups excluding carboxylic acids is 1. The van der Waals surface area contributed by atoms with Gasteiger partial charge in [-0.05, 0) is 18.4 Å². The van der Waals surface area contributed by atoms with Crippen LogP contribution in [0, 0.1) is 0 Å². The molecule has 1 fully saturated rings. The van der Waals surface area contributed by atoms with Gasteiger partial charge < -0.3 is 20.4 Å². The second kappa shape index (κ2) is 6.38. The average Bonchev–Trinajstić information content (AvgIpc) is 2.46. The number of piperidine rings is 1. The lowest BCUT2D eigenvalue weighted by Gasteiger charge is -2.30. The number of carboxylic acid groups (broad SMARTS) is 1. The Morgan fingerprint density at radius 1 is 1.20 bits per heavy atom. The van der Waals surface area contributed by atoms with Gasteiger partial charge in [0.05, 0.1) is 6.10 Å². The number of nitrogens with zero attached hydrogens (tertiary/aromatic N) is 1. The van der Waals surface area contributed by atoms with Gasteiger partial charge in [-0.1, -0.05) is 30.3 Å². The van der Waals surface area contributed by atoms with E-state index < -0.39 is 18.0 Å². The fraction of sp³-hybridized carbons (Fsp3) is 0.429. The van der Waals surface area contributed by atoms with Crippen LogP contribution in [-0.2, 0) is 4.79 Å². The average molecular weight is 278 g/mol. The van der Waals surface area contributed by atoms with Crippen molar-refractivity contribution in [1.29, 1.82) is 0 Å². The standard InChI is InChI=1S/C14H18N2O4/c17-11-6-8-16(9-7-11)14(20)15-12(13(18)19)10-4-2-1-3-5-10/h1-5,11-12,17H,6-9H2,(H,15,20)(H,18,19)/t12-/m1/s1. The zero-order valence-corrected chi connectivity index (χ0v) is 11.0. The largest absolute Gasteiger partial charge is 0.479 e. The van der Waals surface area contributed by atoms with Gasteiger partial charge in [0, 0.05) is 13.1 Å². The Labute approximate surface area is 117 Å². The molecular formula is C14H18N2O4. The van der Waals surface area contributed by atoms with Crippen molar-refractivity contribution in [2.24, 2.45) is 0 Å². The molecule has 1 aliphatic heterocycles. The number of hydrogen-bond donors (Lipinski definition) is 3. The van der Waals surface area contributed by atoms with Crippen LogP contribution in [0.25, 0.3) is 0 Å². The zero-order valence-electron chi connectivity index (χ0n) is 11.0. The summed E-state index contributed by atoms with van der Waals surface area (Å²) >= 11 is 0. The molecule has 1 atom stereocenters. The van der Waals surface area contributed by atoms with E-state index in [9.17, 15) is 19.8 Å². The van der Waals surface area contributed by atoms with Crippen molar-refractivity contribution in [1.82, 2.24) is 10.2 Å². The number of nitrogens with one attached hydrogen (secondary N) is 1. The monoisotopic (exact) mass is 278 g/mol. The Balaban J connectivity index is 2.02. The first kappa shape index (κ1) is 14.3. The Kier molecular flexibility index (Phi) is 4.57. The number of aliphatic carboxylic acids is 1. The van der Waals surface area contributed by atoms with Crippen LogP contribution in [0.5, 0.6) is 0 Å². The van der Waals surface area contributed by atoms with Crippen molar-refractivity contribution in [2.75, 3.05) is 13.1 Å². The van der Waals surface area contributed by atoms with E-state index in [4.69, 9.17) is 0 Å². The van der Waals surface area contributed by atoms with Crippen LogP contribution in [0.15, 0.2) is 30.3 Å². The molecule has 0 bridgehead atoms. The van der Waals surface area contributed by atoms with Gasteiger partial charge in [-0.2, -0.15) is 0 Å². The molecule has 2 amide bonds. The normalized spacial score (nSPS) is 17.6. The maximum absolute atomic E-state index is 12.1. The van der Waals surface area contributed by atoms with Gasteiger partial charge in [0.2, 0.25) is 0 Å². The molecule has 0 aliphatic carbocycles. The Morgan fingerprint density at radius 3 is 2.35 bits per heavy atom. The van der Waals surface area contributed by atoms with Crippen molar-refractivity contribution in [3.8, 4) is 0 Å². The molecule has 1 aromatic rings. The van der Waals surface area contributed by atoms with Crippen LogP contribution >= 0.6 is 0 Å². The van der Waals surface area contributed by atoms with Crippen molar-refractivity contribution in [3.63, 3.8) is 0 Å². The van der Waals surface area contributed by atoms with Gasteiger partial charge >= 0.3 is 12.0 Å². The summed E-state index contributed by atoms with van der Waals surface area (Å²) in [5, 5.41) is 21.2. The third-order valence-corrected chi connectivity index (χ3v) is 3.40. The van der Waals surface area contributed by atoms with Gasteiger partial charge in [0.25, 0.3) is 0 Å². The molecule has 2 rings (SSSR count). The highest BCUT2D eigenvalue weighted by Crippen LogP contribution is 2.15. The number of aliphatic hydroxyl groups is 1. The molecule has 0 saturated carbocycles. The third-order valence-electron chi connectivity index (χ3n) is 3.40. The van der Waals surface area contributed by atoms with Crippen LogP contribution in [0.2, 0.25) is 0 Å². The van der Waals surface area contributed by atoms with Gasteiger partial charge in [-0.15, -0.1) is 0 Å². The fourth-order valence-corrected chi connectivity index (χ4v) is 2.22. The molecule has 1 heterocycles.